The number of carbonyl (C=O) groups is 2. The summed E-state index contributed by atoms with van der Waals surface area (Å²) in [5.41, 5.74) is 1.95. The number of rotatable bonds is 8. The predicted octanol–water partition coefficient (Wildman–Crippen LogP) is 3.02. The summed E-state index contributed by atoms with van der Waals surface area (Å²) in [7, 11) is 0. The summed E-state index contributed by atoms with van der Waals surface area (Å²) in [5, 5.41) is 0. The second kappa shape index (κ2) is 10.6. The molecule has 2 aliphatic rings. The molecule has 2 heterocycles. The Hall–Kier alpha value is -3.26. The second-order valence-corrected chi connectivity index (χ2v) is 7.90. The van der Waals surface area contributed by atoms with E-state index in [0.29, 0.717) is 24.6 Å². The van der Waals surface area contributed by atoms with Gasteiger partial charge in [0.2, 0.25) is 6.79 Å². The van der Waals surface area contributed by atoms with Crippen molar-refractivity contribution in [3.63, 3.8) is 0 Å². The molecule has 8 nitrogen and oxygen atoms in total. The number of hydrogen-bond donors (Lipinski definition) is 0. The second-order valence-electron chi connectivity index (χ2n) is 7.90. The molecule has 0 N–H and O–H groups in total. The number of ether oxygens (including phenoxy) is 4. The molecule has 0 amide bonds. The van der Waals surface area contributed by atoms with E-state index in [1.807, 2.05) is 36.4 Å². The van der Waals surface area contributed by atoms with Crippen molar-refractivity contribution in [3.05, 3.63) is 54.1 Å². The highest BCUT2D eigenvalue weighted by molar-refractivity contribution is 5.96. The predicted molar refractivity (Wildman–Crippen MR) is 122 cm³/mol. The first-order valence-electron chi connectivity index (χ1n) is 11.4. The maximum atomic E-state index is 13.0. The lowest BCUT2D eigenvalue weighted by Crippen LogP contribution is -2.51. The summed E-state index contributed by atoms with van der Waals surface area (Å²) in [6, 6.07) is 15.2. The maximum absolute atomic E-state index is 13.0. The largest absolute Gasteiger partial charge is 0.465 e. The summed E-state index contributed by atoms with van der Waals surface area (Å²) < 4.78 is 21.6. The Morgan fingerprint density at radius 2 is 1.52 bits per heavy atom. The zero-order chi connectivity index (χ0) is 23.2. The van der Waals surface area contributed by atoms with Crippen LogP contribution < -0.4 is 14.4 Å². The molecule has 2 aromatic rings. The van der Waals surface area contributed by atoms with Gasteiger partial charge in [-0.25, -0.2) is 0 Å². The molecule has 0 radical (unpaired) electrons. The zero-order valence-electron chi connectivity index (χ0n) is 19.1. The van der Waals surface area contributed by atoms with E-state index in [1.165, 1.54) is 0 Å². The zero-order valence-corrected chi connectivity index (χ0v) is 19.1. The Labute approximate surface area is 194 Å². The highest BCUT2D eigenvalue weighted by Crippen LogP contribution is 2.39. The lowest BCUT2D eigenvalue weighted by Gasteiger charge is -2.42. The van der Waals surface area contributed by atoms with Crippen LogP contribution in [0.5, 0.6) is 11.5 Å². The highest BCUT2D eigenvalue weighted by atomic mass is 16.7. The Morgan fingerprint density at radius 1 is 0.879 bits per heavy atom. The highest BCUT2D eigenvalue weighted by Gasteiger charge is 2.43. The first kappa shape index (κ1) is 22.9. The van der Waals surface area contributed by atoms with Crippen molar-refractivity contribution in [1.29, 1.82) is 0 Å². The molecule has 0 spiro atoms. The Bertz CT molecular complexity index is 941. The number of anilines is 1. The number of nitrogens with zero attached hydrogens (tertiary/aromatic N) is 2. The van der Waals surface area contributed by atoms with Crippen LogP contribution in [0.4, 0.5) is 5.69 Å². The van der Waals surface area contributed by atoms with Crippen molar-refractivity contribution in [3.8, 4) is 11.5 Å². The van der Waals surface area contributed by atoms with E-state index in [9.17, 15) is 9.59 Å². The average Bonchev–Trinajstić information content (AvgIpc) is 3.31. The number of benzene rings is 2. The fourth-order valence-corrected chi connectivity index (χ4v) is 4.43. The van der Waals surface area contributed by atoms with E-state index in [4.69, 9.17) is 18.9 Å². The van der Waals surface area contributed by atoms with Crippen LogP contribution in [0.2, 0.25) is 0 Å². The minimum atomic E-state index is -1.10. The number of fused-ring (bicyclic) bond motifs is 1. The third-order valence-corrected chi connectivity index (χ3v) is 5.96. The third-order valence-electron chi connectivity index (χ3n) is 5.96. The van der Waals surface area contributed by atoms with Crippen molar-refractivity contribution in [1.82, 2.24) is 4.90 Å². The number of esters is 2. The van der Waals surface area contributed by atoms with E-state index in [1.54, 1.807) is 13.8 Å². The van der Waals surface area contributed by atoms with E-state index in [2.05, 4.69) is 21.9 Å². The van der Waals surface area contributed by atoms with Gasteiger partial charge < -0.3 is 23.8 Å². The molecular formula is C25H30N2O6. The first-order chi connectivity index (χ1) is 16.1. The summed E-state index contributed by atoms with van der Waals surface area (Å²) in [6.45, 7) is 6.86. The summed E-state index contributed by atoms with van der Waals surface area (Å²) in [5.74, 6) is -1.01. The third kappa shape index (κ3) is 5.06. The van der Waals surface area contributed by atoms with Gasteiger partial charge in [0.1, 0.15) is 0 Å². The number of para-hydroxylation sites is 1. The normalized spacial score (nSPS) is 16.5. The van der Waals surface area contributed by atoms with Gasteiger partial charge >= 0.3 is 11.9 Å². The van der Waals surface area contributed by atoms with Gasteiger partial charge in [-0.1, -0.05) is 24.3 Å². The lowest BCUT2D eigenvalue weighted by atomic mass is 9.90. The summed E-state index contributed by atoms with van der Waals surface area (Å²) in [6.07, 6.45) is 0. The molecule has 0 bridgehead atoms. The fourth-order valence-electron chi connectivity index (χ4n) is 4.43. The summed E-state index contributed by atoms with van der Waals surface area (Å²) in [4.78, 5) is 30.5. The molecule has 33 heavy (non-hydrogen) atoms. The lowest BCUT2D eigenvalue weighted by molar-refractivity contribution is -0.165. The molecule has 0 saturated carbocycles. The maximum Gasteiger partial charge on any atom is 0.322 e. The van der Waals surface area contributed by atoms with Gasteiger partial charge in [-0.2, -0.15) is 0 Å². The molecule has 176 valence electrons. The minimum absolute atomic E-state index is 0.151. The minimum Gasteiger partial charge on any atom is -0.465 e. The molecule has 2 aliphatic heterocycles. The molecule has 4 rings (SSSR count). The standard InChI is InChI=1S/C25H30N2O6/c1-3-30-24(28)22(25(29)31-4-2)23(18-10-11-20-21(16-18)33-17-32-20)27-14-12-26(13-15-27)19-8-6-5-7-9-19/h5-11,16,22-23H,3-4,12-15,17H2,1-2H3/t23-/m0/s1. The van der Waals surface area contributed by atoms with Crippen LogP contribution in [-0.2, 0) is 19.1 Å². The molecule has 0 unspecified atom stereocenters. The van der Waals surface area contributed by atoms with Crippen molar-refractivity contribution in [2.45, 2.75) is 19.9 Å². The van der Waals surface area contributed by atoms with Gasteiger partial charge in [-0.05, 0) is 43.7 Å². The van der Waals surface area contributed by atoms with Crippen LogP contribution in [0.1, 0.15) is 25.5 Å². The van der Waals surface area contributed by atoms with Gasteiger partial charge in [0.05, 0.1) is 19.3 Å². The summed E-state index contributed by atoms with van der Waals surface area (Å²) >= 11 is 0. The number of piperazine rings is 1. The van der Waals surface area contributed by atoms with Gasteiger partial charge in [0.15, 0.2) is 17.4 Å². The van der Waals surface area contributed by atoms with Crippen LogP contribution in [-0.4, -0.2) is 63.0 Å². The van der Waals surface area contributed by atoms with E-state index >= 15 is 0 Å². The first-order valence-corrected chi connectivity index (χ1v) is 11.4. The Morgan fingerprint density at radius 3 is 2.15 bits per heavy atom. The monoisotopic (exact) mass is 454 g/mol. The number of carbonyl (C=O) groups excluding carboxylic acids is 2. The molecule has 1 saturated heterocycles. The van der Waals surface area contributed by atoms with Crippen molar-refractivity contribution >= 4 is 17.6 Å². The van der Waals surface area contributed by atoms with Crippen LogP contribution in [0.15, 0.2) is 48.5 Å². The molecule has 8 heteroatoms. The van der Waals surface area contributed by atoms with Crippen LogP contribution >= 0.6 is 0 Å². The van der Waals surface area contributed by atoms with Crippen molar-refractivity contribution in [2.24, 2.45) is 5.92 Å². The molecule has 2 aromatic carbocycles. The van der Waals surface area contributed by atoms with Crippen LogP contribution in [0.3, 0.4) is 0 Å². The van der Waals surface area contributed by atoms with E-state index in [-0.39, 0.29) is 20.0 Å². The molecule has 1 atom stereocenters. The quantitative estimate of drug-likeness (QED) is 0.445. The molecule has 0 aromatic heterocycles. The smallest absolute Gasteiger partial charge is 0.322 e. The molecular weight excluding hydrogens is 424 g/mol. The SMILES string of the molecule is CCOC(=O)C(C(=O)OCC)[C@H](c1ccc2c(c1)OCO2)N1CCN(c2ccccc2)CC1. The fraction of sp³-hybridized carbons (Fsp3) is 0.440. The van der Waals surface area contributed by atoms with Crippen LogP contribution in [0.25, 0.3) is 0 Å². The average molecular weight is 455 g/mol. The van der Waals surface area contributed by atoms with Crippen molar-refractivity contribution < 1.29 is 28.5 Å². The Kier molecular flexibility index (Phi) is 7.34. The van der Waals surface area contributed by atoms with Gasteiger partial charge in [-0.15, -0.1) is 0 Å². The van der Waals surface area contributed by atoms with Crippen LogP contribution in [0, 0.1) is 5.92 Å². The Balaban J connectivity index is 1.65. The molecule has 0 aliphatic carbocycles. The topological polar surface area (TPSA) is 77.5 Å². The van der Waals surface area contributed by atoms with Gasteiger partial charge in [-0.3, -0.25) is 14.5 Å². The van der Waals surface area contributed by atoms with Gasteiger partial charge in [0.25, 0.3) is 0 Å². The van der Waals surface area contributed by atoms with E-state index < -0.39 is 23.9 Å². The van der Waals surface area contributed by atoms with Gasteiger partial charge in [0, 0.05) is 31.9 Å². The number of hydrogen-bond acceptors (Lipinski definition) is 8. The molecule has 1 fully saturated rings. The van der Waals surface area contributed by atoms with Crippen molar-refractivity contribution in [2.75, 3.05) is 51.1 Å². The van der Waals surface area contributed by atoms with E-state index in [0.717, 1.165) is 24.3 Å².